The van der Waals surface area contributed by atoms with Crippen molar-refractivity contribution in [3.63, 3.8) is 0 Å². The molecule has 0 N–H and O–H groups in total. The molecule has 0 nitrogen and oxygen atoms in total. The average Bonchev–Trinajstić information content (AvgIpc) is 3.13. The SMILES string of the molecule is c1ccc(-c2ccc(-c3c4ccccc4c(-c4ccccc4-c4ccc5cc6ccccc6cc5c4)c4ccccc34)cc2)cc1. The maximum absolute atomic E-state index is 2.35. The molecular weight excluding hydrogens is 553 g/mol. The largest absolute Gasteiger partial charge is 0.0622 e. The Morgan fingerprint density at radius 2 is 0.652 bits per heavy atom. The van der Waals surface area contributed by atoms with Gasteiger partial charge in [0.25, 0.3) is 0 Å². The summed E-state index contributed by atoms with van der Waals surface area (Å²) in [5.74, 6) is 0. The van der Waals surface area contributed by atoms with Gasteiger partial charge in [0.15, 0.2) is 0 Å². The molecule has 0 amide bonds. The Balaban J connectivity index is 1.27. The van der Waals surface area contributed by atoms with E-state index in [9.17, 15) is 0 Å². The molecule has 0 bridgehead atoms. The molecule has 0 radical (unpaired) electrons. The van der Waals surface area contributed by atoms with Crippen LogP contribution in [0.3, 0.4) is 0 Å². The van der Waals surface area contributed by atoms with Crippen LogP contribution in [0.1, 0.15) is 0 Å². The highest BCUT2D eigenvalue weighted by molar-refractivity contribution is 6.22. The zero-order valence-corrected chi connectivity index (χ0v) is 25.3. The Hall–Kier alpha value is -5.98. The lowest BCUT2D eigenvalue weighted by atomic mass is 9.83. The predicted octanol–water partition coefficient (Wildman–Crippen LogP) is 13.0. The minimum absolute atomic E-state index is 1.23. The quantitative estimate of drug-likeness (QED) is 0.181. The molecule has 0 heteroatoms. The fourth-order valence-electron chi connectivity index (χ4n) is 7.25. The summed E-state index contributed by atoms with van der Waals surface area (Å²) in [5, 5.41) is 10.1. The molecule has 0 atom stereocenters. The van der Waals surface area contributed by atoms with Gasteiger partial charge in [-0.2, -0.15) is 0 Å². The molecule has 214 valence electrons. The number of rotatable bonds is 4. The van der Waals surface area contributed by atoms with Crippen molar-refractivity contribution in [2.45, 2.75) is 0 Å². The average molecular weight is 583 g/mol. The van der Waals surface area contributed by atoms with E-state index in [-0.39, 0.29) is 0 Å². The highest BCUT2D eigenvalue weighted by Gasteiger charge is 2.19. The van der Waals surface area contributed by atoms with Crippen molar-refractivity contribution in [3.05, 3.63) is 182 Å². The Labute approximate surface area is 268 Å². The Morgan fingerprint density at radius 1 is 0.217 bits per heavy atom. The van der Waals surface area contributed by atoms with E-state index in [4.69, 9.17) is 0 Å². The van der Waals surface area contributed by atoms with Gasteiger partial charge in [-0.25, -0.2) is 0 Å². The Morgan fingerprint density at radius 3 is 1.30 bits per heavy atom. The van der Waals surface area contributed by atoms with Crippen molar-refractivity contribution in [2.24, 2.45) is 0 Å². The van der Waals surface area contributed by atoms with E-state index in [1.807, 2.05) is 0 Å². The maximum Gasteiger partial charge on any atom is -0.00201 e. The minimum atomic E-state index is 1.23. The smallest absolute Gasteiger partial charge is 0.00201 e. The summed E-state index contributed by atoms with van der Waals surface area (Å²) in [5.41, 5.74) is 9.98. The van der Waals surface area contributed by atoms with Crippen molar-refractivity contribution >= 4 is 43.1 Å². The molecule has 0 spiro atoms. The van der Waals surface area contributed by atoms with E-state index in [0.717, 1.165) is 0 Å². The molecule has 0 aromatic heterocycles. The summed E-state index contributed by atoms with van der Waals surface area (Å²) >= 11 is 0. The molecule has 0 unspecified atom stereocenters. The summed E-state index contributed by atoms with van der Waals surface area (Å²) < 4.78 is 0. The van der Waals surface area contributed by atoms with E-state index >= 15 is 0 Å². The Bertz CT molecular complexity index is 2500. The van der Waals surface area contributed by atoms with Gasteiger partial charge in [-0.1, -0.05) is 164 Å². The lowest BCUT2D eigenvalue weighted by molar-refractivity contribution is 1.61. The van der Waals surface area contributed by atoms with Crippen LogP contribution in [-0.4, -0.2) is 0 Å². The molecule has 9 aromatic carbocycles. The monoisotopic (exact) mass is 582 g/mol. The maximum atomic E-state index is 2.35. The van der Waals surface area contributed by atoms with Gasteiger partial charge in [-0.15, -0.1) is 0 Å². The van der Waals surface area contributed by atoms with Gasteiger partial charge in [0.2, 0.25) is 0 Å². The highest BCUT2D eigenvalue weighted by atomic mass is 14.2. The summed E-state index contributed by atoms with van der Waals surface area (Å²) in [6, 6.07) is 66.6. The fraction of sp³-hybridized carbons (Fsp3) is 0. The van der Waals surface area contributed by atoms with Gasteiger partial charge in [-0.3, -0.25) is 0 Å². The summed E-state index contributed by atoms with van der Waals surface area (Å²) in [6.45, 7) is 0. The molecular formula is C46H30. The highest BCUT2D eigenvalue weighted by Crippen LogP contribution is 2.46. The predicted molar refractivity (Wildman–Crippen MR) is 198 cm³/mol. The third-order valence-corrected chi connectivity index (χ3v) is 9.42. The fourth-order valence-corrected chi connectivity index (χ4v) is 7.25. The van der Waals surface area contributed by atoms with Crippen LogP contribution >= 0.6 is 0 Å². The number of hydrogen-bond acceptors (Lipinski definition) is 0. The third-order valence-electron chi connectivity index (χ3n) is 9.42. The van der Waals surface area contributed by atoms with E-state index < -0.39 is 0 Å². The number of hydrogen-bond donors (Lipinski definition) is 0. The topological polar surface area (TPSA) is 0 Å². The first kappa shape index (κ1) is 26.4. The normalized spacial score (nSPS) is 11.5. The molecule has 9 rings (SSSR count). The van der Waals surface area contributed by atoms with E-state index in [0.29, 0.717) is 0 Å². The summed E-state index contributed by atoms with van der Waals surface area (Å²) in [6.07, 6.45) is 0. The van der Waals surface area contributed by atoms with Crippen LogP contribution in [0.5, 0.6) is 0 Å². The second-order valence-electron chi connectivity index (χ2n) is 12.1. The van der Waals surface area contributed by atoms with Gasteiger partial charge >= 0.3 is 0 Å². The lowest BCUT2D eigenvalue weighted by Crippen LogP contribution is -1.93. The zero-order chi connectivity index (χ0) is 30.5. The second kappa shape index (κ2) is 10.9. The van der Waals surface area contributed by atoms with Gasteiger partial charge < -0.3 is 0 Å². The molecule has 0 heterocycles. The molecule has 0 fully saturated rings. The van der Waals surface area contributed by atoms with Crippen molar-refractivity contribution in [3.8, 4) is 44.5 Å². The first-order chi connectivity index (χ1) is 22.8. The van der Waals surface area contributed by atoms with Crippen LogP contribution in [0.4, 0.5) is 0 Å². The number of fused-ring (bicyclic) bond motifs is 4. The van der Waals surface area contributed by atoms with Crippen LogP contribution in [0, 0.1) is 0 Å². The van der Waals surface area contributed by atoms with E-state index in [2.05, 4.69) is 182 Å². The van der Waals surface area contributed by atoms with Crippen molar-refractivity contribution in [1.29, 1.82) is 0 Å². The van der Waals surface area contributed by atoms with E-state index in [1.165, 1.54) is 87.6 Å². The first-order valence-corrected chi connectivity index (χ1v) is 15.9. The van der Waals surface area contributed by atoms with Crippen LogP contribution < -0.4 is 0 Å². The molecule has 0 saturated heterocycles. The Kier molecular flexibility index (Phi) is 6.25. The molecule has 0 aliphatic carbocycles. The zero-order valence-electron chi connectivity index (χ0n) is 25.3. The van der Waals surface area contributed by atoms with Gasteiger partial charge in [-0.05, 0) is 106 Å². The van der Waals surface area contributed by atoms with Crippen molar-refractivity contribution in [1.82, 2.24) is 0 Å². The van der Waals surface area contributed by atoms with Crippen LogP contribution in [0.25, 0.3) is 87.6 Å². The van der Waals surface area contributed by atoms with Gasteiger partial charge in [0, 0.05) is 0 Å². The molecule has 46 heavy (non-hydrogen) atoms. The van der Waals surface area contributed by atoms with Crippen LogP contribution in [-0.2, 0) is 0 Å². The minimum Gasteiger partial charge on any atom is -0.0622 e. The van der Waals surface area contributed by atoms with Crippen LogP contribution in [0.2, 0.25) is 0 Å². The summed E-state index contributed by atoms with van der Waals surface area (Å²) in [7, 11) is 0. The number of benzene rings is 9. The molecule has 0 aliphatic heterocycles. The summed E-state index contributed by atoms with van der Waals surface area (Å²) in [4.78, 5) is 0. The molecule has 0 aliphatic rings. The van der Waals surface area contributed by atoms with Crippen molar-refractivity contribution in [2.75, 3.05) is 0 Å². The van der Waals surface area contributed by atoms with Crippen LogP contribution in [0.15, 0.2) is 182 Å². The molecule has 9 aromatic rings. The third kappa shape index (κ3) is 4.38. The first-order valence-electron chi connectivity index (χ1n) is 15.9. The second-order valence-corrected chi connectivity index (χ2v) is 12.1. The standard InChI is InChI=1S/C46H30/c1-2-12-31(13-3-1)32-22-24-33(25-23-32)45-41-18-8-10-20-43(41)46(44-21-11-9-19-42(44)45)40-17-7-6-16-39(40)37-27-26-36-28-34-14-4-5-15-35(34)29-38(36)30-37/h1-30H. The van der Waals surface area contributed by atoms with E-state index in [1.54, 1.807) is 0 Å². The molecule has 0 saturated carbocycles. The van der Waals surface area contributed by atoms with Gasteiger partial charge in [0.05, 0.1) is 0 Å². The van der Waals surface area contributed by atoms with Crippen molar-refractivity contribution < 1.29 is 0 Å². The van der Waals surface area contributed by atoms with Gasteiger partial charge in [0.1, 0.15) is 0 Å². The lowest BCUT2D eigenvalue weighted by Gasteiger charge is -2.20.